The van der Waals surface area contributed by atoms with Crippen molar-refractivity contribution in [3.05, 3.63) is 57.7 Å². The minimum Gasteiger partial charge on any atom is -0.332 e. The van der Waals surface area contributed by atoms with Crippen LogP contribution in [0.2, 0.25) is 0 Å². The fourth-order valence-electron chi connectivity index (χ4n) is 2.21. The van der Waals surface area contributed by atoms with Crippen LogP contribution in [0.5, 0.6) is 0 Å². The highest BCUT2D eigenvalue weighted by atomic mass is 16.6. The molecular formula is C15H14N4O3. The van der Waals surface area contributed by atoms with E-state index in [1.807, 2.05) is 6.07 Å². The van der Waals surface area contributed by atoms with Gasteiger partial charge in [0, 0.05) is 37.5 Å². The van der Waals surface area contributed by atoms with Crippen molar-refractivity contribution in [3.63, 3.8) is 0 Å². The van der Waals surface area contributed by atoms with Gasteiger partial charge in [-0.15, -0.1) is 0 Å². The molecule has 1 aromatic heterocycles. The summed E-state index contributed by atoms with van der Waals surface area (Å²) in [6.07, 6.45) is 3.56. The fourth-order valence-corrected chi connectivity index (χ4v) is 2.21. The number of imidazole rings is 1. The molecule has 0 aliphatic carbocycles. The lowest BCUT2D eigenvalue weighted by Crippen LogP contribution is -2.18. The average molecular weight is 298 g/mol. The van der Waals surface area contributed by atoms with Crippen LogP contribution in [0.3, 0.4) is 0 Å². The van der Waals surface area contributed by atoms with E-state index in [1.165, 1.54) is 18.2 Å². The van der Waals surface area contributed by atoms with E-state index in [0.717, 1.165) is 0 Å². The van der Waals surface area contributed by atoms with Crippen molar-refractivity contribution in [1.82, 2.24) is 9.55 Å². The van der Waals surface area contributed by atoms with Crippen molar-refractivity contribution in [2.75, 3.05) is 0 Å². The van der Waals surface area contributed by atoms with E-state index in [2.05, 4.69) is 4.98 Å². The molecule has 0 aliphatic heterocycles. The molecule has 0 unspecified atom stereocenters. The highest BCUT2D eigenvalue weighted by Gasteiger charge is 2.21. The lowest BCUT2D eigenvalue weighted by molar-refractivity contribution is -0.384. The summed E-state index contributed by atoms with van der Waals surface area (Å²) in [5.41, 5.74) is 0.695. The highest BCUT2D eigenvalue weighted by molar-refractivity contribution is 5.94. The first-order valence-electron chi connectivity index (χ1n) is 6.63. The number of benzene rings is 1. The molecule has 0 spiro atoms. The fraction of sp³-hybridized carbons (Fsp3) is 0.267. The van der Waals surface area contributed by atoms with Gasteiger partial charge in [-0.05, 0) is 12.0 Å². The molecule has 1 aromatic carbocycles. The van der Waals surface area contributed by atoms with Crippen molar-refractivity contribution >= 4 is 11.5 Å². The van der Waals surface area contributed by atoms with Crippen LogP contribution in [0.1, 0.15) is 28.7 Å². The molecule has 0 radical (unpaired) electrons. The Balaban J connectivity index is 2.24. The quantitative estimate of drug-likeness (QED) is 0.478. The number of aromatic nitrogens is 2. The molecule has 0 bridgehead atoms. The first-order chi connectivity index (χ1) is 10.4. The first kappa shape index (κ1) is 15.4. The predicted molar refractivity (Wildman–Crippen MR) is 78.2 cm³/mol. The van der Waals surface area contributed by atoms with Crippen LogP contribution in [0.4, 0.5) is 5.69 Å². The number of carbonyl (C=O) groups is 1. The minimum absolute atomic E-state index is 0.130. The van der Waals surface area contributed by atoms with Crippen LogP contribution in [-0.4, -0.2) is 20.3 Å². The molecule has 22 heavy (non-hydrogen) atoms. The third kappa shape index (κ3) is 3.01. The van der Waals surface area contributed by atoms with Crippen molar-refractivity contribution in [1.29, 1.82) is 5.26 Å². The van der Waals surface area contributed by atoms with Crippen LogP contribution in [0.25, 0.3) is 0 Å². The molecule has 7 nitrogen and oxygen atoms in total. The Morgan fingerprint density at radius 1 is 1.55 bits per heavy atom. The molecule has 0 saturated carbocycles. The normalized spacial score (nSPS) is 11.7. The van der Waals surface area contributed by atoms with E-state index in [1.54, 1.807) is 30.9 Å². The number of non-ortho nitro benzene ring substituents is 1. The van der Waals surface area contributed by atoms with Crippen LogP contribution in [-0.2, 0) is 13.5 Å². The maximum atomic E-state index is 12.3. The third-order valence-electron chi connectivity index (χ3n) is 3.44. The molecule has 7 heteroatoms. The average Bonchev–Trinajstić information content (AvgIpc) is 2.92. The van der Waals surface area contributed by atoms with E-state index in [4.69, 9.17) is 5.26 Å². The number of carbonyl (C=O) groups excluding carboxylic acids is 1. The zero-order valence-corrected chi connectivity index (χ0v) is 12.2. The lowest BCUT2D eigenvalue weighted by atomic mass is 9.93. The number of nitriles is 1. The molecule has 2 rings (SSSR count). The van der Waals surface area contributed by atoms with Gasteiger partial charge in [-0.25, -0.2) is 4.98 Å². The summed E-state index contributed by atoms with van der Waals surface area (Å²) in [4.78, 5) is 26.5. The van der Waals surface area contributed by atoms with Crippen molar-refractivity contribution < 1.29 is 9.72 Å². The molecule has 0 saturated heterocycles. The summed E-state index contributed by atoms with van der Waals surface area (Å²) < 4.78 is 1.64. The predicted octanol–water partition coefficient (Wildman–Crippen LogP) is 2.26. The van der Waals surface area contributed by atoms with E-state index in [0.29, 0.717) is 17.8 Å². The molecule has 0 aliphatic rings. The van der Waals surface area contributed by atoms with E-state index in [9.17, 15) is 14.9 Å². The lowest BCUT2D eigenvalue weighted by Gasteiger charge is -2.11. The SMILES string of the molecule is C[C@@H](Cc1ccc([N+](=O)[O-])cc1C#N)C(=O)c1nccn1C. The maximum Gasteiger partial charge on any atom is 0.270 e. The number of hydrogen-bond acceptors (Lipinski definition) is 5. The summed E-state index contributed by atoms with van der Waals surface area (Å²) >= 11 is 0. The Morgan fingerprint density at radius 3 is 2.82 bits per heavy atom. The zero-order chi connectivity index (χ0) is 16.3. The smallest absolute Gasteiger partial charge is 0.270 e. The summed E-state index contributed by atoms with van der Waals surface area (Å²) in [6.45, 7) is 1.75. The van der Waals surface area contributed by atoms with E-state index in [-0.39, 0.29) is 23.0 Å². The Kier molecular flexibility index (Phi) is 4.32. The van der Waals surface area contributed by atoms with Gasteiger partial charge in [-0.3, -0.25) is 14.9 Å². The standard InChI is InChI=1S/C15H14N4O3/c1-10(14(20)15-17-5-6-18(15)2)7-11-3-4-13(19(21)22)8-12(11)9-16/h3-6,8,10H,7H2,1-2H3/t10-/m0/s1. The van der Waals surface area contributed by atoms with Gasteiger partial charge in [0.15, 0.2) is 5.82 Å². The van der Waals surface area contributed by atoms with Crippen LogP contribution < -0.4 is 0 Å². The van der Waals surface area contributed by atoms with Gasteiger partial charge in [-0.1, -0.05) is 13.0 Å². The Morgan fingerprint density at radius 2 is 2.27 bits per heavy atom. The summed E-state index contributed by atoms with van der Waals surface area (Å²) in [5, 5.41) is 19.9. The van der Waals surface area contributed by atoms with Gasteiger partial charge >= 0.3 is 0 Å². The van der Waals surface area contributed by atoms with Gasteiger partial charge in [0.25, 0.3) is 5.69 Å². The maximum absolute atomic E-state index is 12.3. The first-order valence-corrected chi connectivity index (χ1v) is 6.63. The number of hydrogen-bond donors (Lipinski definition) is 0. The number of nitro benzene ring substituents is 1. The van der Waals surface area contributed by atoms with Gasteiger partial charge in [0.2, 0.25) is 5.78 Å². The van der Waals surface area contributed by atoms with Gasteiger partial charge in [-0.2, -0.15) is 5.26 Å². The van der Waals surface area contributed by atoms with Crippen molar-refractivity contribution in [3.8, 4) is 6.07 Å². The van der Waals surface area contributed by atoms with Gasteiger partial charge in [0.1, 0.15) is 0 Å². The van der Waals surface area contributed by atoms with Crippen LogP contribution in [0, 0.1) is 27.4 Å². The summed E-state index contributed by atoms with van der Waals surface area (Å²) in [6, 6.07) is 6.04. The van der Waals surface area contributed by atoms with Crippen LogP contribution in [0.15, 0.2) is 30.6 Å². The van der Waals surface area contributed by atoms with E-state index >= 15 is 0 Å². The minimum atomic E-state index is -0.549. The van der Waals surface area contributed by atoms with Crippen molar-refractivity contribution in [2.45, 2.75) is 13.3 Å². The second-order valence-electron chi connectivity index (χ2n) is 5.04. The molecule has 2 aromatic rings. The molecule has 1 heterocycles. The molecule has 0 N–H and O–H groups in total. The van der Waals surface area contributed by atoms with Crippen molar-refractivity contribution in [2.24, 2.45) is 13.0 Å². The number of rotatable bonds is 5. The number of nitrogens with zero attached hydrogens (tertiary/aromatic N) is 4. The number of nitro groups is 1. The number of ketones is 1. The van der Waals surface area contributed by atoms with E-state index < -0.39 is 4.92 Å². The third-order valence-corrected chi connectivity index (χ3v) is 3.44. The summed E-state index contributed by atoms with van der Waals surface area (Å²) in [5.74, 6) is -0.155. The number of Topliss-reactive ketones (excluding diaryl/α,β-unsaturated/α-hetero) is 1. The Bertz CT molecular complexity index is 773. The molecule has 0 fully saturated rings. The molecular weight excluding hydrogens is 284 g/mol. The Labute approximate surface area is 127 Å². The molecule has 112 valence electrons. The topological polar surface area (TPSA) is 102 Å². The van der Waals surface area contributed by atoms with Gasteiger partial charge in [0.05, 0.1) is 16.6 Å². The van der Waals surface area contributed by atoms with Crippen LogP contribution >= 0.6 is 0 Å². The monoisotopic (exact) mass is 298 g/mol. The Hall–Kier alpha value is -3.01. The molecule has 1 atom stereocenters. The second kappa shape index (κ2) is 6.18. The molecule has 0 amide bonds. The highest BCUT2D eigenvalue weighted by Crippen LogP contribution is 2.21. The second-order valence-corrected chi connectivity index (χ2v) is 5.04. The largest absolute Gasteiger partial charge is 0.332 e. The summed E-state index contributed by atoms with van der Waals surface area (Å²) in [7, 11) is 1.74. The number of aryl methyl sites for hydroxylation is 1. The van der Waals surface area contributed by atoms with Gasteiger partial charge < -0.3 is 4.57 Å². The zero-order valence-electron chi connectivity index (χ0n) is 12.2.